The molecule has 0 bridgehead atoms. The molecular formula is C25H20ClN3O3S. The average molecular weight is 478 g/mol. The molecule has 6 nitrogen and oxygen atoms in total. The fourth-order valence-corrected chi connectivity index (χ4v) is 4.35. The van der Waals surface area contributed by atoms with Gasteiger partial charge >= 0.3 is 0 Å². The number of carbonyl (C=O) groups excluding carboxylic acids is 2. The minimum atomic E-state index is -0.257. The summed E-state index contributed by atoms with van der Waals surface area (Å²) in [7, 11) is 0. The summed E-state index contributed by atoms with van der Waals surface area (Å²) < 4.78 is 1.50. The van der Waals surface area contributed by atoms with Crippen LogP contribution in [-0.4, -0.2) is 27.0 Å². The van der Waals surface area contributed by atoms with Crippen LogP contribution in [0.2, 0.25) is 5.02 Å². The van der Waals surface area contributed by atoms with Crippen LogP contribution in [0, 0.1) is 6.92 Å². The quantitative estimate of drug-likeness (QED) is 0.232. The molecule has 0 spiro atoms. The molecule has 4 rings (SSSR count). The number of benzene rings is 3. The highest BCUT2D eigenvalue weighted by Gasteiger charge is 2.17. The van der Waals surface area contributed by atoms with Crippen molar-refractivity contribution in [1.82, 2.24) is 9.55 Å². The van der Waals surface area contributed by atoms with E-state index in [0.717, 1.165) is 17.3 Å². The molecule has 4 aromatic rings. The lowest BCUT2D eigenvalue weighted by Gasteiger charge is -2.15. The first-order chi connectivity index (χ1) is 15.8. The number of rotatable bonds is 6. The van der Waals surface area contributed by atoms with Crippen LogP contribution in [0.3, 0.4) is 0 Å². The van der Waals surface area contributed by atoms with Gasteiger partial charge in [-0.05, 0) is 67.9 Å². The van der Waals surface area contributed by atoms with Crippen LogP contribution in [0.25, 0.3) is 16.6 Å². The summed E-state index contributed by atoms with van der Waals surface area (Å²) in [6, 6.07) is 19.1. The summed E-state index contributed by atoms with van der Waals surface area (Å²) in [5.41, 5.74) is 2.85. The Morgan fingerprint density at radius 2 is 1.76 bits per heavy atom. The molecule has 1 N–H and O–H groups in total. The van der Waals surface area contributed by atoms with E-state index in [9.17, 15) is 14.4 Å². The van der Waals surface area contributed by atoms with Crippen molar-refractivity contribution in [3.05, 3.63) is 93.2 Å². The first kappa shape index (κ1) is 22.8. The highest BCUT2D eigenvalue weighted by molar-refractivity contribution is 7.99. The third-order valence-electron chi connectivity index (χ3n) is 5.13. The molecule has 1 aromatic heterocycles. The van der Waals surface area contributed by atoms with Crippen molar-refractivity contribution >= 4 is 51.6 Å². The highest BCUT2D eigenvalue weighted by Crippen LogP contribution is 2.26. The first-order valence-corrected chi connectivity index (χ1v) is 11.5. The van der Waals surface area contributed by atoms with E-state index < -0.39 is 0 Å². The molecule has 0 fully saturated rings. The Bertz CT molecular complexity index is 1430. The summed E-state index contributed by atoms with van der Waals surface area (Å²) in [6.45, 7) is 3.33. The number of aromatic nitrogens is 2. The van der Waals surface area contributed by atoms with Crippen molar-refractivity contribution in [2.24, 2.45) is 0 Å². The number of para-hydroxylation sites is 1. The molecule has 0 saturated carbocycles. The summed E-state index contributed by atoms with van der Waals surface area (Å²) in [4.78, 5) is 42.0. The van der Waals surface area contributed by atoms with Crippen LogP contribution >= 0.6 is 23.4 Å². The van der Waals surface area contributed by atoms with E-state index in [-0.39, 0.29) is 23.0 Å². The van der Waals surface area contributed by atoms with Gasteiger partial charge in [0.05, 0.1) is 22.3 Å². The molecule has 0 saturated heterocycles. The number of hydrogen-bond acceptors (Lipinski definition) is 5. The molecule has 0 atom stereocenters. The van der Waals surface area contributed by atoms with Gasteiger partial charge in [0.2, 0.25) is 5.91 Å². The van der Waals surface area contributed by atoms with Gasteiger partial charge in [-0.1, -0.05) is 41.6 Å². The van der Waals surface area contributed by atoms with Crippen LogP contribution in [0.4, 0.5) is 5.69 Å². The Labute approximate surface area is 199 Å². The zero-order valence-corrected chi connectivity index (χ0v) is 19.5. The predicted octanol–water partition coefficient (Wildman–Crippen LogP) is 5.28. The molecular weight excluding hydrogens is 458 g/mol. The molecule has 33 heavy (non-hydrogen) atoms. The van der Waals surface area contributed by atoms with Gasteiger partial charge in [-0.25, -0.2) is 4.98 Å². The summed E-state index contributed by atoms with van der Waals surface area (Å²) in [5.74, 6) is -0.258. The van der Waals surface area contributed by atoms with Gasteiger partial charge in [-0.15, -0.1) is 0 Å². The first-order valence-electron chi connectivity index (χ1n) is 10.2. The van der Waals surface area contributed by atoms with Crippen LogP contribution < -0.4 is 10.9 Å². The number of thioether (sulfide) groups is 1. The van der Waals surface area contributed by atoms with E-state index in [1.165, 1.54) is 11.5 Å². The van der Waals surface area contributed by atoms with Crippen molar-refractivity contribution in [1.29, 1.82) is 0 Å². The molecule has 0 unspecified atom stereocenters. The monoisotopic (exact) mass is 477 g/mol. The van der Waals surface area contributed by atoms with E-state index >= 15 is 0 Å². The number of ketones is 1. The summed E-state index contributed by atoms with van der Waals surface area (Å²) >= 11 is 7.47. The number of hydrogen-bond donors (Lipinski definition) is 1. The number of nitrogens with one attached hydrogen (secondary N) is 1. The number of nitrogens with zero attached hydrogens (tertiary/aromatic N) is 2. The molecule has 0 aliphatic carbocycles. The fourth-order valence-electron chi connectivity index (χ4n) is 3.38. The van der Waals surface area contributed by atoms with Crippen molar-refractivity contribution in [3.63, 3.8) is 0 Å². The molecule has 166 valence electrons. The maximum absolute atomic E-state index is 13.4. The number of halogens is 1. The SMILES string of the molecule is CC(=O)c1ccc(NC(=O)CSc2nc3ccccc3c(=O)n2-c2cccc(Cl)c2C)cc1. The molecule has 0 aliphatic rings. The number of carbonyl (C=O) groups is 2. The maximum Gasteiger partial charge on any atom is 0.266 e. The van der Waals surface area contributed by atoms with Crippen molar-refractivity contribution in [3.8, 4) is 5.69 Å². The Hall–Kier alpha value is -3.42. The van der Waals surface area contributed by atoms with E-state index in [0.29, 0.717) is 38.0 Å². The molecule has 1 heterocycles. The Kier molecular flexibility index (Phi) is 6.62. The maximum atomic E-state index is 13.4. The van der Waals surface area contributed by atoms with E-state index in [4.69, 9.17) is 11.6 Å². The minimum Gasteiger partial charge on any atom is -0.325 e. The standard InChI is InChI=1S/C25H20ClN3O3S/c1-15-20(26)7-5-9-22(15)29-24(32)19-6-3-4-8-21(19)28-25(29)33-14-23(31)27-18-12-10-17(11-13-18)16(2)30/h3-13H,14H2,1-2H3,(H,27,31). The third kappa shape index (κ3) is 4.84. The van der Waals surface area contributed by atoms with Gasteiger partial charge in [0.25, 0.3) is 5.56 Å². The largest absolute Gasteiger partial charge is 0.325 e. The number of amides is 1. The third-order valence-corrected chi connectivity index (χ3v) is 6.48. The highest BCUT2D eigenvalue weighted by atomic mass is 35.5. The predicted molar refractivity (Wildman–Crippen MR) is 133 cm³/mol. The van der Waals surface area contributed by atoms with Crippen LogP contribution in [0.1, 0.15) is 22.8 Å². The number of fused-ring (bicyclic) bond motifs is 1. The van der Waals surface area contributed by atoms with Crippen molar-refractivity contribution in [2.75, 3.05) is 11.1 Å². The zero-order chi connectivity index (χ0) is 23.5. The van der Waals surface area contributed by atoms with Gasteiger partial charge < -0.3 is 5.32 Å². The van der Waals surface area contributed by atoms with Crippen LogP contribution in [-0.2, 0) is 4.79 Å². The van der Waals surface area contributed by atoms with Gasteiger partial charge in [0.1, 0.15) is 0 Å². The lowest BCUT2D eigenvalue weighted by Crippen LogP contribution is -2.23. The zero-order valence-electron chi connectivity index (χ0n) is 18.0. The number of anilines is 1. The second-order valence-electron chi connectivity index (χ2n) is 7.41. The second-order valence-corrected chi connectivity index (χ2v) is 8.76. The molecule has 0 radical (unpaired) electrons. The molecule has 1 amide bonds. The fraction of sp³-hybridized carbons (Fsp3) is 0.120. The van der Waals surface area contributed by atoms with E-state index in [1.54, 1.807) is 60.7 Å². The smallest absolute Gasteiger partial charge is 0.266 e. The molecule has 8 heteroatoms. The molecule has 3 aromatic carbocycles. The normalized spacial score (nSPS) is 10.9. The van der Waals surface area contributed by atoms with Gasteiger partial charge in [-0.3, -0.25) is 19.0 Å². The Balaban J connectivity index is 1.65. The average Bonchev–Trinajstić information content (AvgIpc) is 2.80. The van der Waals surface area contributed by atoms with Gasteiger partial charge in [0.15, 0.2) is 10.9 Å². The Morgan fingerprint density at radius 1 is 1.03 bits per heavy atom. The second kappa shape index (κ2) is 9.60. The van der Waals surface area contributed by atoms with Gasteiger partial charge in [-0.2, -0.15) is 0 Å². The van der Waals surface area contributed by atoms with E-state index in [2.05, 4.69) is 10.3 Å². The Morgan fingerprint density at radius 3 is 2.48 bits per heavy atom. The summed E-state index contributed by atoms with van der Waals surface area (Å²) in [6.07, 6.45) is 0. The topological polar surface area (TPSA) is 81.1 Å². The van der Waals surface area contributed by atoms with E-state index in [1.807, 2.05) is 13.0 Å². The van der Waals surface area contributed by atoms with Crippen LogP contribution in [0.15, 0.2) is 76.7 Å². The summed E-state index contributed by atoms with van der Waals surface area (Å²) in [5, 5.41) is 4.22. The van der Waals surface area contributed by atoms with Crippen molar-refractivity contribution < 1.29 is 9.59 Å². The van der Waals surface area contributed by atoms with Crippen LogP contribution in [0.5, 0.6) is 0 Å². The lowest BCUT2D eigenvalue weighted by atomic mass is 10.1. The minimum absolute atomic E-state index is 0.0405. The lowest BCUT2D eigenvalue weighted by molar-refractivity contribution is -0.113. The van der Waals surface area contributed by atoms with Gasteiger partial charge in [0, 0.05) is 16.3 Å². The van der Waals surface area contributed by atoms with Crippen molar-refractivity contribution in [2.45, 2.75) is 19.0 Å². The molecule has 0 aliphatic heterocycles. The number of Topliss-reactive ketones (excluding diaryl/α,β-unsaturated/α-hetero) is 1.